The molecule has 0 bridgehead atoms. The third-order valence-corrected chi connectivity index (χ3v) is 17.3. The van der Waals surface area contributed by atoms with Crippen LogP contribution >= 0.6 is 15.6 Å². The van der Waals surface area contributed by atoms with E-state index in [1.807, 2.05) is 0 Å². The van der Waals surface area contributed by atoms with Crippen LogP contribution in [-0.2, 0) is 65.4 Å². The van der Waals surface area contributed by atoms with Crippen molar-refractivity contribution in [1.29, 1.82) is 0 Å². The summed E-state index contributed by atoms with van der Waals surface area (Å²) in [5.74, 6) is 0.798. The Morgan fingerprint density at radius 3 is 0.835 bits per heavy atom. The highest BCUT2D eigenvalue weighted by Crippen LogP contribution is 2.45. The van der Waals surface area contributed by atoms with Crippen molar-refractivity contribution in [2.24, 2.45) is 23.7 Å². The first-order chi connectivity index (χ1) is 40.6. The van der Waals surface area contributed by atoms with Gasteiger partial charge in [0.15, 0.2) is 12.2 Å². The molecule has 6 atom stereocenters. The number of aliphatic hydroxyl groups is 1. The molecular formula is C66H128O17P2. The van der Waals surface area contributed by atoms with E-state index in [2.05, 4.69) is 55.4 Å². The Balaban J connectivity index is 5.26. The van der Waals surface area contributed by atoms with E-state index in [9.17, 15) is 43.2 Å². The fraction of sp³-hybridized carbons (Fsp3) is 0.939. The number of aliphatic hydroxyl groups excluding tert-OH is 1. The van der Waals surface area contributed by atoms with Crippen LogP contribution in [0.5, 0.6) is 0 Å². The minimum atomic E-state index is -4.95. The molecule has 0 aromatic heterocycles. The van der Waals surface area contributed by atoms with Gasteiger partial charge in [0.05, 0.1) is 26.4 Å². The Morgan fingerprint density at radius 2 is 0.565 bits per heavy atom. The molecular weight excluding hydrogens is 1130 g/mol. The van der Waals surface area contributed by atoms with Gasteiger partial charge in [0.2, 0.25) is 0 Å². The van der Waals surface area contributed by atoms with E-state index in [-0.39, 0.29) is 25.7 Å². The quantitative estimate of drug-likeness (QED) is 0.0222. The zero-order chi connectivity index (χ0) is 63.2. The second-order valence-corrected chi connectivity index (χ2v) is 28.4. The molecule has 3 N–H and O–H groups in total. The first kappa shape index (κ1) is 83.1. The van der Waals surface area contributed by atoms with Crippen LogP contribution in [0.4, 0.5) is 0 Å². The van der Waals surface area contributed by atoms with Crippen LogP contribution in [0.25, 0.3) is 0 Å². The van der Waals surface area contributed by atoms with E-state index in [0.29, 0.717) is 31.6 Å². The third kappa shape index (κ3) is 59.5. The summed E-state index contributed by atoms with van der Waals surface area (Å²) in [6.45, 7) is 14.0. The van der Waals surface area contributed by atoms with Gasteiger partial charge in [-0.2, -0.15) is 0 Å². The molecule has 0 aliphatic carbocycles. The van der Waals surface area contributed by atoms with Gasteiger partial charge in [-0.3, -0.25) is 37.3 Å². The highest BCUT2D eigenvalue weighted by Gasteiger charge is 2.30. The number of unbranched alkanes of at least 4 members (excludes halogenated alkanes) is 28. The average Bonchev–Trinajstić information content (AvgIpc) is 3.57. The molecule has 0 radical (unpaired) electrons. The van der Waals surface area contributed by atoms with Crippen LogP contribution in [0.3, 0.4) is 0 Å². The fourth-order valence-electron chi connectivity index (χ4n) is 9.75. The van der Waals surface area contributed by atoms with Crippen molar-refractivity contribution in [3.8, 4) is 0 Å². The fourth-order valence-corrected chi connectivity index (χ4v) is 11.3. The molecule has 4 unspecified atom stereocenters. The molecule has 504 valence electrons. The van der Waals surface area contributed by atoms with Crippen molar-refractivity contribution in [3.63, 3.8) is 0 Å². The van der Waals surface area contributed by atoms with Gasteiger partial charge in [0.25, 0.3) is 0 Å². The summed E-state index contributed by atoms with van der Waals surface area (Å²) in [4.78, 5) is 72.3. The first-order valence-corrected chi connectivity index (χ1v) is 37.2. The molecule has 0 heterocycles. The predicted octanol–water partition coefficient (Wildman–Crippen LogP) is 18.1. The Bertz CT molecular complexity index is 1700. The van der Waals surface area contributed by atoms with E-state index in [0.717, 1.165) is 108 Å². The van der Waals surface area contributed by atoms with Gasteiger partial charge in [-0.25, -0.2) is 9.13 Å². The Labute approximate surface area is 517 Å². The Kier molecular flexibility index (Phi) is 54.8. The van der Waals surface area contributed by atoms with Gasteiger partial charge >= 0.3 is 39.5 Å². The van der Waals surface area contributed by atoms with Gasteiger partial charge in [-0.15, -0.1) is 0 Å². The van der Waals surface area contributed by atoms with Crippen molar-refractivity contribution in [1.82, 2.24) is 0 Å². The largest absolute Gasteiger partial charge is 0.472 e. The number of esters is 4. The van der Waals surface area contributed by atoms with Gasteiger partial charge in [0, 0.05) is 25.7 Å². The highest BCUT2D eigenvalue weighted by molar-refractivity contribution is 7.47. The average molecular weight is 1260 g/mol. The monoisotopic (exact) mass is 1250 g/mol. The molecule has 0 rings (SSSR count). The zero-order valence-corrected chi connectivity index (χ0v) is 57.0. The summed E-state index contributed by atoms with van der Waals surface area (Å²) in [7, 11) is -9.89. The van der Waals surface area contributed by atoms with Gasteiger partial charge < -0.3 is 33.8 Å². The molecule has 19 heteroatoms. The van der Waals surface area contributed by atoms with Crippen LogP contribution in [0.1, 0.15) is 319 Å². The van der Waals surface area contributed by atoms with Crippen LogP contribution in [-0.4, -0.2) is 96.7 Å². The van der Waals surface area contributed by atoms with Gasteiger partial charge in [-0.1, -0.05) is 267 Å². The van der Waals surface area contributed by atoms with Gasteiger partial charge in [-0.05, 0) is 49.4 Å². The summed E-state index contributed by atoms with van der Waals surface area (Å²) < 4.78 is 68.1. The molecule has 0 aliphatic rings. The molecule has 0 fully saturated rings. The number of carbonyl (C=O) groups is 4. The minimum Gasteiger partial charge on any atom is -0.462 e. The number of rotatable bonds is 63. The minimum absolute atomic E-state index is 0.102. The standard InChI is InChI=1S/C66H128O17P2/c1-9-59(8)45-37-29-21-14-16-23-31-39-47-64(69)77-53-62(83-66(71)49-41-33-25-17-20-28-36-44-58(6)7)55-81-85(74,75)79-51-60(67)50-78-84(72,73)80-54-61(52-76-63(68)46-38-30-22-15-13-19-27-35-43-57(4)5)82-65(70)48-40-32-24-12-10-11-18-26-34-42-56(2)3/h56-62,67H,9-55H2,1-8H3,(H,72,73)(H,74,75)/t59?,60?,61-,62-/m1/s1. The van der Waals surface area contributed by atoms with E-state index < -0.39 is 97.5 Å². The lowest BCUT2D eigenvalue weighted by Crippen LogP contribution is -2.30. The lowest BCUT2D eigenvalue weighted by Gasteiger charge is -2.21. The van der Waals surface area contributed by atoms with Crippen LogP contribution < -0.4 is 0 Å². The summed E-state index contributed by atoms with van der Waals surface area (Å²) in [6, 6.07) is 0. The molecule has 0 saturated carbocycles. The molecule has 0 aromatic carbocycles. The topological polar surface area (TPSA) is 237 Å². The van der Waals surface area contributed by atoms with Crippen molar-refractivity contribution < 1.29 is 80.2 Å². The SMILES string of the molecule is CCC(C)CCCCCCCCCCC(=O)OC[C@H](COP(=O)(O)OCC(O)COP(=O)(O)OC[C@@H](COC(=O)CCCCCCCCCCC(C)C)OC(=O)CCCCCCCCCCCC(C)C)OC(=O)CCCCCCCCCC(C)C. The first-order valence-electron chi connectivity index (χ1n) is 34.2. The zero-order valence-electron chi connectivity index (χ0n) is 55.2. The molecule has 0 aromatic rings. The Morgan fingerprint density at radius 1 is 0.329 bits per heavy atom. The molecule has 0 spiro atoms. The van der Waals surface area contributed by atoms with Crippen molar-refractivity contribution in [2.45, 2.75) is 337 Å². The second-order valence-electron chi connectivity index (χ2n) is 25.5. The second kappa shape index (κ2) is 56.1. The summed E-state index contributed by atoms with van der Waals surface area (Å²) in [5.41, 5.74) is 0. The number of phosphoric ester groups is 2. The van der Waals surface area contributed by atoms with Crippen LogP contribution in [0.15, 0.2) is 0 Å². The summed E-state index contributed by atoms with van der Waals surface area (Å²) in [6.07, 6.45) is 36.3. The maximum absolute atomic E-state index is 13.0. The highest BCUT2D eigenvalue weighted by atomic mass is 31.2. The number of carbonyl (C=O) groups excluding carboxylic acids is 4. The van der Waals surface area contributed by atoms with Crippen molar-refractivity contribution in [2.75, 3.05) is 39.6 Å². The number of phosphoric acid groups is 2. The van der Waals surface area contributed by atoms with Crippen LogP contribution in [0.2, 0.25) is 0 Å². The Hall–Kier alpha value is -1.94. The molecule has 0 aliphatic heterocycles. The molecule has 17 nitrogen and oxygen atoms in total. The molecule has 0 amide bonds. The summed E-state index contributed by atoms with van der Waals surface area (Å²) >= 11 is 0. The number of ether oxygens (including phenoxy) is 4. The van der Waals surface area contributed by atoms with Crippen LogP contribution in [0, 0.1) is 23.7 Å². The van der Waals surface area contributed by atoms with E-state index in [1.165, 1.54) is 122 Å². The lowest BCUT2D eigenvalue weighted by atomic mass is 9.99. The lowest BCUT2D eigenvalue weighted by molar-refractivity contribution is -0.161. The normalized spacial score (nSPS) is 14.7. The van der Waals surface area contributed by atoms with Crippen molar-refractivity contribution in [3.05, 3.63) is 0 Å². The predicted molar refractivity (Wildman–Crippen MR) is 340 cm³/mol. The van der Waals surface area contributed by atoms with Gasteiger partial charge in [0.1, 0.15) is 19.3 Å². The van der Waals surface area contributed by atoms with E-state index in [1.54, 1.807) is 0 Å². The third-order valence-electron chi connectivity index (χ3n) is 15.4. The number of hydrogen-bond donors (Lipinski definition) is 3. The van der Waals surface area contributed by atoms with E-state index >= 15 is 0 Å². The maximum atomic E-state index is 13.0. The maximum Gasteiger partial charge on any atom is 0.472 e. The molecule has 0 saturated heterocycles. The number of hydrogen-bond acceptors (Lipinski definition) is 15. The van der Waals surface area contributed by atoms with Crippen molar-refractivity contribution >= 4 is 39.5 Å². The smallest absolute Gasteiger partial charge is 0.462 e. The van der Waals surface area contributed by atoms with E-state index in [4.69, 9.17) is 37.0 Å². The summed E-state index contributed by atoms with van der Waals surface area (Å²) in [5, 5.41) is 10.6. The molecule has 85 heavy (non-hydrogen) atoms.